The molecule has 1 unspecified atom stereocenters. The summed E-state index contributed by atoms with van der Waals surface area (Å²) in [6, 6.07) is 9.12. The zero-order valence-electron chi connectivity index (χ0n) is 11.0. The largest absolute Gasteiger partial charge is 0.310 e. The number of aromatic nitrogens is 1. The SMILES string of the molecule is CCNC(Cc1cncs1)c1ccccc1CC. The lowest BCUT2D eigenvalue weighted by molar-refractivity contribution is 0.549. The topological polar surface area (TPSA) is 24.9 Å². The second kappa shape index (κ2) is 6.66. The Morgan fingerprint density at radius 3 is 2.78 bits per heavy atom. The first-order valence-electron chi connectivity index (χ1n) is 6.53. The average Bonchev–Trinajstić information content (AvgIpc) is 2.91. The van der Waals surface area contributed by atoms with Crippen LogP contribution in [-0.4, -0.2) is 11.5 Å². The maximum atomic E-state index is 4.16. The predicted molar refractivity (Wildman–Crippen MR) is 78.1 cm³/mol. The van der Waals surface area contributed by atoms with Crippen molar-refractivity contribution in [3.63, 3.8) is 0 Å². The maximum absolute atomic E-state index is 4.16. The van der Waals surface area contributed by atoms with Gasteiger partial charge in [0, 0.05) is 23.5 Å². The van der Waals surface area contributed by atoms with Gasteiger partial charge >= 0.3 is 0 Å². The number of nitrogens with one attached hydrogen (secondary N) is 1. The van der Waals surface area contributed by atoms with Crippen LogP contribution in [0.2, 0.25) is 0 Å². The van der Waals surface area contributed by atoms with Crippen molar-refractivity contribution in [2.75, 3.05) is 6.54 Å². The van der Waals surface area contributed by atoms with Crippen LogP contribution in [-0.2, 0) is 12.8 Å². The van der Waals surface area contributed by atoms with Crippen LogP contribution >= 0.6 is 11.3 Å². The quantitative estimate of drug-likeness (QED) is 0.858. The summed E-state index contributed by atoms with van der Waals surface area (Å²) in [5.74, 6) is 0. The Hall–Kier alpha value is -1.19. The maximum Gasteiger partial charge on any atom is 0.0794 e. The first kappa shape index (κ1) is 13.2. The molecular weight excluding hydrogens is 240 g/mol. The summed E-state index contributed by atoms with van der Waals surface area (Å²) in [7, 11) is 0. The van der Waals surface area contributed by atoms with Crippen LogP contribution in [0.1, 0.15) is 35.9 Å². The first-order valence-corrected chi connectivity index (χ1v) is 7.41. The van der Waals surface area contributed by atoms with Gasteiger partial charge in [0.2, 0.25) is 0 Å². The van der Waals surface area contributed by atoms with E-state index in [1.165, 1.54) is 16.0 Å². The third-order valence-corrected chi connectivity index (χ3v) is 3.95. The molecule has 0 amide bonds. The molecule has 1 atom stereocenters. The lowest BCUT2D eigenvalue weighted by Gasteiger charge is -2.20. The highest BCUT2D eigenvalue weighted by atomic mass is 32.1. The molecule has 18 heavy (non-hydrogen) atoms. The van der Waals surface area contributed by atoms with E-state index in [1.54, 1.807) is 11.3 Å². The van der Waals surface area contributed by atoms with Crippen molar-refractivity contribution in [1.82, 2.24) is 10.3 Å². The van der Waals surface area contributed by atoms with Gasteiger partial charge in [0.15, 0.2) is 0 Å². The molecule has 2 rings (SSSR count). The van der Waals surface area contributed by atoms with Crippen LogP contribution in [0.5, 0.6) is 0 Å². The molecule has 0 aliphatic heterocycles. The van der Waals surface area contributed by atoms with Crippen molar-refractivity contribution in [2.24, 2.45) is 0 Å². The fourth-order valence-electron chi connectivity index (χ4n) is 2.28. The summed E-state index contributed by atoms with van der Waals surface area (Å²) in [5, 5.41) is 3.59. The van der Waals surface area contributed by atoms with E-state index in [4.69, 9.17) is 0 Å². The number of rotatable bonds is 6. The van der Waals surface area contributed by atoms with Gasteiger partial charge in [0.1, 0.15) is 0 Å². The molecule has 0 saturated carbocycles. The summed E-state index contributed by atoms with van der Waals surface area (Å²) >= 11 is 1.73. The molecule has 3 heteroatoms. The Morgan fingerprint density at radius 2 is 2.11 bits per heavy atom. The molecule has 0 bridgehead atoms. The Labute approximate surface area is 113 Å². The fourth-order valence-corrected chi connectivity index (χ4v) is 2.92. The highest BCUT2D eigenvalue weighted by Crippen LogP contribution is 2.23. The van der Waals surface area contributed by atoms with Gasteiger partial charge in [-0.1, -0.05) is 38.1 Å². The van der Waals surface area contributed by atoms with E-state index in [2.05, 4.69) is 48.4 Å². The van der Waals surface area contributed by atoms with Gasteiger partial charge in [-0.15, -0.1) is 11.3 Å². The van der Waals surface area contributed by atoms with Crippen LogP contribution in [0.4, 0.5) is 0 Å². The molecule has 0 aliphatic rings. The summed E-state index contributed by atoms with van der Waals surface area (Å²) < 4.78 is 0. The standard InChI is InChI=1S/C15H20N2S/c1-3-12-7-5-6-8-14(12)15(17-4-2)9-13-10-16-11-18-13/h5-8,10-11,15,17H,3-4,9H2,1-2H3. The Morgan fingerprint density at radius 1 is 1.28 bits per heavy atom. The van der Waals surface area contributed by atoms with Gasteiger partial charge in [0.25, 0.3) is 0 Å². The number of nitrogens with zero attached hydrogens (tertiary/aromatic N) is 1. The van der Waals surface area contributed by atoms with Crippen molar-refractivity contribution < 1.29 is 0 Å². The highest BCUT2D eigenvalue weighted by molar-refractivity contribution is 7.09. The Balaban J connectivity index is 2.23. The molecule has 0 fully saturated rings. The molecule has 0 spiro atoms. The molecule has 0 aliphatic carbocycles. The molecule has 2 aromatic rings. The van der Waals surface area contributed by atoms with E-state index < -0.39 is 0 Å². The summed E-state index contributed by atoms with van der Waals surface area (Å²) in [6.45, 7) is 5.37. The van der Waals surface area contributed by atoms with Gasteiger partial charge in [-0.05, 0) is 24.1 Å². The molecule has 1 aromatic heterocycles. The van der Waals surface area contributed by atoms with Crippen LogP contribution in [0.3, 0.4) is 0 Å². The molecule has 1 aromatic carbocycles. The second-order valence-electron chi connectivity index (χ2n) is 4.33. The number of likely N-dealkylation sites (N-methyl/N-ethyl adjacent to an activating group) is 1. The summed E-state index contributed by atoms with van der Waals surface area (Å²) in [5.41, 5.74) is 4.77. The second-order valence-corrected chi connectivity index (χ2v) is 5.31. The van der Waals surface area contributed by atoms with E-state index in [-0.39, 0.29) is 0 Å². The van der Waals surface area contributed by atoms with Crippen molar-refractivity contribution in [3.8, 4) is 0 Å². The number of hydrogen-bond donors (Lipinski definition) is 1. The first-order chi connectivity index (χ1) is 8.85. The zero-order valence-corrected chi connectivity index (χ0v) is 11.8. The number of hydrogen-bond acceptors (Lipinski definition) is 3. The lowest BCUT2D eigenvalue weighted by Crippen LogP contribution is -2.23. The van der Waals surface area contributed by atoms with Gasteiger partial charge < -0.3 is 5.32 Å². The Bertz CT molecular complexity index is 465. The molecule has 1 heterocycles. The third-order valence-electron chi connectivity index (χ3n) is 3.15. The molecular formula is C15H20N2S. The van der Waals surface area contributed by atoms with Gasteiger partial charge in [-0.3, -0.25) is 4.98 Å². The van der Waals surface area contributed by atoms with Crippen LogP contribution < -0.4 is 5.32 Å². The lowest BCUT2D eigenvalue weighted by atomic mass is 9.96. The number of benzene rings is 1. The van der Waals surface area contributed by atoms with E-state index in [1.807, 2.05) is 11.7 Å². The molecule has 96 valence electrons. The summed E-state index contributed by atoms with van der Waals surface area (Å²) in [6.07, 6.45) is 4.08. The average molecular weight is 260 g/mol. The van der Waals surface area contributed by atoms with Gasteiger partial charge in [0.05, 0.1) is 5.51 Å². The predicted octanol–water partition coefficient (Wildman–Crippen LogP) is 3.60. The monoisotopic (exact) mass is 260 g/mol. The van der Waals surface area contributed by atoms with Crippen molar-refractivity contribution in [2.45, 2.75) is 32.7 Å². The number of aryl methyl sites for hydroxylation is 1. The highest BCUT2D eigenvalue weighted by Gasteiger charge is 2.14. The molecule has 1 N–H and O–H groups in total. The van der Waals surface area contributed by atoms with Crippen LogP contribution in [0, 0.1) is 0 Å². The normalized spacial score (nSPS) is 12.6. The van der Waals surface area contributed by atoms with E-state index in [0.29, 0.717) is 6.04 Å². The van der Waals surface area contributed by atoms with E-state index >= 15 is 0 Å². The van der Waals surface area contributed by atoms with Crippen molar-refractivity contribution >= 4 is 11.3 Å². The van der Waals surface area contributed by atoms with Gasteiger partial charge in [-0.25, -0.2) is 0 Å². The van der Waals surface area contributed by atoms with E-state index in [9.17, 15) is 0 Å². The van der Waals surface area contributed by atoms with Crippen molar-refractivity contribution in [3.05, 3.63) is 52.0 Å². The minimum atomic E-state index is 0.395. The van der Waals surface area contributed by atoms with Gasteiger partial charge in [-0.2, -0.15) is 0 Å². The van der Waals surface area contributed by atoms with Crippen molar-refractivity contribution in [1.29, 1.82) is 0 Å². The minimum absolute atomic E-state index is 0.395. The minimum Gasteiger partial charge on any atom is -0.310 e. The summed E-state index contributed by atoms with van der Waals surface area (Å²) in [4.78, 5) is 5.50. The fraction of sp³-hybridized carbons (Fsp3) is 0.400. The molecule has 0 saturated heterocycles. The smallest absolute Gasteiger partial charge is 0.0794 e. The molecule has 2 nitrogen and oxygen atoms in total. The molecule has 0 radical (unpaired) electrons. The van der Waals surface area contributed by atoms with Crippen LogP contribution in [0.25, 0.3) is 0 Å². The Kier molecular flexibility index (Phi) is 4.90. The zero-order chi connectivity index (χ0) is 12.8. The van der Waals surface area contributed by atoms with Crippen LogP contribution in [0.15, 0.2) is 36.0 Å². The third kappa shape index (κ3) is 3.18. The van der Waals surface area contributed by atoms with E-state index in [0.717, 1.165) is 19.4 Å². The number of thiazole rings is 1.